The Labute approximate surface area is 101 Å². The third-order valence-electron chi connectivity index (χ3n) is 3.59. The zero-order chi connectivity index (χ0) is 11.8. The van der Waals surface area contributed by atoms with E-state index >= 15 is 0 Å². The van der Waals surface area contributed by atoms with Gasteiger partial charge >= 0.3 is 0 Å². The van der Waals surface area contributed by atoms with E-state index in [9.17, 15) is 0 Å². The fraction of sp³-hybridized carbons (Fsp3) is 1.00. The van der Waals surface area contributed by atoms with Crippen LogP contribution in [0.3, 0.4) is 0 Å². The molecule has 1 atom stereocenters. The van der Waals surface area contributed by atoms with Crippen molar-refractivity contribution in [3.8, 4) is 0 Å². The Morgan fingerprint density at radius 3 is 2.81 bits per heavy atom. The van der Waals surface area contributed by atoms with Crippen molar-refractivity contribution in [1.29, 1.82) is 0 Å². The molecule has 0 bridgehead atoms. The first-order chi connectivity index (χ1) is 7.74. The Balaban J connectivity index is 1.99. The molecule has 1 heterocycles. The molecule has 0 amide bonds. The van der Waals surface area contributed by atoms with Gasteiger partial charge in [0.2, 0.25) is 0 Å². The number of likely N-dealkylation sites (tertiary alicyclic amines) is 1. The zero-order valence-electron chi connectivity index (χ0n) is 11.3. The van der Waals surface area contributed by atoms with Crippen molar-refractivity contribution in [2.45, 2.75) is 38.6 Å². The highest BCUT2D eigenvalue weighted by atomic mass is 15.2. The van der Waals surface area contributed by atoms with Gasteiger partial charge in [-0.3, -0.25) is 0 Å². The fourth-order valence-electron chi connectivity index (χ4n) is 2.47. The molecule has 16 heavy (non-hydrogen) atoms. The Morgan fingerprint density at radius 2 is 2.19 bits per heavy atom. The zero-order valence-corrected chi connectivity index (χ0v) is 11.3. The largest absolute Gasteiger partial charge is 0.317 e. The monoisotopic (exact) mass is 227 g/mol. The van der Waals surface area contributed by atoms with E-state index in [-0.39, 0.29) is 0 Å². The first kappa shape index (κ1) is 13.9. The molecule has 0 aromatic carbocycles. The van der Waals surface area contributed by atoms with Crippen molar-refractivity contribution < 1.29 is 0 Å². The van der Waals surface area contributed by atoms with E-state index in [1.54, 1.807) is 0 Å². The molecule has 0 aromatic rings. The molecule has 96 valence electrons. The summed E-state index contributed by atoms with van der Waals surface area (Å²) in [6.45, 7) is 8.23. The Kier molecular flexibility index (Phi) is 7.01. The number of hydrogen-bond donors (Lipinski definition) is 1. The van der Waals surface area contributed by atoms with Crippen LogP contribution in [0.2, 0.25) is 0 Å². The molecular formula is C13H29N3. The van der Waals surface area contributed by atoms with Crippen LogP contribution in [-0.2, 0) is 0 Å². The summed E-state index contributed by atoms with van der Waals surface area (Å²) in [6, 6.07) is 0.804. The minimum Gasteiger partial charge on any atom is -0.317 e. The van der Waals surface area contributed by atoms with E-state index in [1.807, 2.05) is 0 Å². The second-order valence-electron chi connectivity index (χ2n) is 5.10. The molecule has 1 N–H and O–H groups in total. The van der Waals surface area contributed by atoms with Gasteiger partial charge in [-0.15, -0.1) is 0 Å². The molecular weight excluding hydrogens is 198 g/mol. The third kappa shape index (κ3) is 5.28. The Hall–Kier alpha value is -0.120. The number of nitrogens with zero attached hydrogens (tertiary/aromatic N) is 2. The van der Waals surface area contributed by atoms with Crippen LogP contribution in [0, 0.1) is 0 Å². The van der Waals surface area contributed by atoms with Gasteiger partial charge in [0, 0.05) is 12.6 Å². The first-order valence-corrected chi connectivity index (χ1v) is 6.83. The van der Waals surface area contributed by atoms with E-state index < -0.39 is 0 Å². The third-order valence-corrected chi connectivity index (χ3v) is 3.59. The minimum absolute atomic E-state index is 0.804. The molecule has 1 rings (SSSR count). The maximum Gasteiger partial charge on any atom is 0.0220 e. The minimum atomic E-state index is 0.804. The topological polar surface area (TPSA) is 18.5 Å². The lowest BCUT2D eigenvalue weighted by atomic mass is 10.2. The molecule has 0 saturated carbocycles. The number of likely N-dealkylation sites (N-methyl/N-ethyl adjacent to an activating group) is 2. The standard InChI is InChI=1S/C13H29N3/c1-4-14-9-5-6-10-15(2)12-13-8-7-11-16(13)3/h13-14H,4-12H2,1-3H3. The smallest absolute Gasteiger partial charge is 0.0220 e. The van der Waals surface area contributed by atoms with Gasteiger partial charge in [-0.2, -0.15) is 0 Å². The Bertz CT molecular complexity index is 173. The van der Waals surface area contributed by atoms with Crippen molar-refractivity contribution in [2.75, 3.05) is 46.8 Å². The normalized spacial score (nSPS) is 22.1. The Morgan fingerprint density at radius 1 is 1.38 bits per heavy atom. The average Bonchev–Trinajstić information content (AvgIpc) is 2.64. The second kappa shape index (κ2) is 8.04. The van der Waals surface area contributed by atoms with Crippen molar-refractivity contribution in [3.05, 3.63) is 0 Å². The predicted octanol–water partition coefficient (Wildman–Crippen LogP) is 1.40. The van der Waals surface area contributed by atoms with E-state index in [0.717, 1.165) is 12.6 Å². The molecule has 0 radical (unpaired) electrons. The highest BCUT2D eigenvalue weighted by Gasteiger charge is 2.21. The number of rotatable bonds is 8. The highest BCUT2D eigenvalue weighted by molar-refractivity contribution is 4.78. The van der Waals surface area contributed by atoms with Gasteiger partial charge in [0.15, 0.2) is 0 Å². The molecule has 1 saturated heterocycles. The SMILES string of the molecule is CCNCCCCN(C)CC1CCCN1C. The van der Waals surface area contributed by atoms with Crippen LogP contribution in [0.4, 0.5) is 0 Å². The van der Waals surface area contributed by atoms with Crippen LogP contribution in [0.1, 0.15) is 32.6 Å². The molecule has 1 fully saturated rings. The van der Waals surface area contributed by atoms with E-state index in [0.29, 0.717) is 0 Å². The summed E-state index contributed by atoms with van der Waals surface area (Å²) < 4.78 is 0. The van der Waals surface area contributed by atoms with Crippen LogP contribution in [0.25, 0.3) is 0 Å². The van der Waals surface area contributed by atoms with E-state index in [1.165, 1.54) is 51.9 Å². The van der Waals surface area contributed by atoms with Crippen molar-refractivity contribution in [2.24, 2.45) is 0 Å². The molecule has 0 aliphatic carbocycles. The van der Waals surface area contributed by atoms with Crippen molar-refractivity contribution >= 4 is 0 Å². The molecule has 3 heteroatoms. The summed E-state index contributed by atoms with van der Waals surface area (Å²) in [6.07, 6.45) is 5.40. The van der Waals surface area contributed by atoms with Gasteiger partial charge < -0.3 is 15.1 Å². The lowest BCUT2D eigenvalue weighted by molar-refractivity contribution is 0.218. The number of unbranched alkanes of at least 4 members (excludes halogenated alkanes) is 1. The molecule has 0 aromatic heterocycles. The van der Waals surface area contributed by atoms with Crippen LogP contribution < -0.4 is 5.32 Å². The number of hydrogen-bond acceptors (Lipinski definition) is 3. The van der Waals surface area contributed by atoms with E-state index in [2.05, 4.69) is 36.1 Å². The molecule has 1 aliphatic heterocycles. The van der Waals surface area contributed by atoms with Gasteiger partial charge in [-0.05, 0) is 66.0 Å². The molecule has 1 unspecified atom stereocenters. The maximum absolute atomic E-state index is 3.38. The van der Waals surface area contributed by atoms with Crippen LogP contribution >= 0.6 is 0 Å². The lowest BCUT2D eigenvalue weighted by Crippen LogP contribution is -2.37. The average molecular weight is 227 g/mol. The van der Waals surface area contributed by atoms with Crippen molar-refractivity contribution in [3.63, 3.8) is 0 Å². The van der Waals surface area contributed by atoms with Crippen LogP contribution in [0.5, 0.6) is 0 Å². The summed E-state index contributed by atoms with van der Waals surface area (Å²) in [5, 5.41) is 3.38. The summed E-state index contributed by atoms with van der Waals surface area (Å²) in [5.41, 5.74) is 0. The van der Waals surface area contributed by atoms with Gasteiger partial charge in [0.25, 0.3) is 0 Å². The summed E-state index contributed by atoms with van der Waals surface area (Å²) in [4.78, 5) is 5.01. The summed E-state index contributed by atoms with van der Waals surface area (Å²) >= 11 is 0. The van der Waals surface area contributed by atoms with Gasteiger partial charge in [-0.25, -0.2) is 0 Å². The quantitative estimate of drug-likeness (QED) is 0.632. The highest BCUT2D eigenvalue weighted by Crippen LogP contribution is 2.15. The summed E-state index contributed by atoms with van der Waals surface area (Å²) in [5.74, 6) is 0. The van der Waals surface area contributed by atoms with Gasteiger partial charge in [0.05, 0.1) is 0 Å². The molecule has 1 aliphatic rings. The van der Waals surface area contributed by atoms with Gasteiger partial charge in [0.1, 0.15) is 0 Å². The van der Waals surface area contributed by atoms with Crippen LogP contribution in [0.15, 0.2) is 0 Å². The number of nitrogens with one attached hydrogen (secondary N) is 1. The maximum atomic E-state index is 3.38. The summed E-state index contributed by atoms with van der Waals surface area (Å²) in [7, 11) is 4.52. The van der Waals surface area contributed by atoms with E-state index in [4.69, 9.17) is 0 Å². The van der Waals surface area contributed by atoms with Gasteiger partial charge in [-0.1, -0.05) is 6.92 Å². The first-order valence-electron chi connectivity index (χ1n) is 6.83. The van der Waals surface area contributed by atoms with Crippen LogP contribution in [-0.4, -0.2) is 62.7 Å². The lowest BCUT2D eigenvalue weighted by Gasteiger charge is -2.25. The second-order valence-corrected chi connectivity index (χ2v) is 5.10. The molecule has 0 spiro atoms. The van der Waals surface area contributed by atoms with Crippen molar-refractivity contribution in [1.82, 2.24) is 15.1 Å². The predicted molar refractivity (Wildman–Crippen MR) is 70.9 cm³/mol. The molecule has 3 nitrogen and oxygen atoms in total. The fourth-order valence-corrected chi connectivity index (χ4v) is 2.47.